The summed E-state index contributed by atoms with van der Waals surface area (Å²) in [4.78, 5) is 42.9. The number of hydrogen-bond acceptors (Lipinski definition) is 4. The van der Waals surface area contributed by atoms with Gasteiger partial charge in [0, 0.05) is 46.6 Å². The molecule has 1 aromatic carbocycles. The highest BCUT2D eigenvalue weighted by molar-refractivity contribution is 6.12. The second-order valence-electron chi connectivity index (χ2n) is 12.1. The number of halogens is 1. The molecule has 3 amide bonds. The molecule has 0 saturated heterocycles. The number of allylic oxidation sites excluding steroid dienone is 3. The fraction of sp³-hybridized carbons (Fsp3) is 0.441. The third kappa shape index (κ3) is 5.52. The van der Waals surface area contributed by atoms with Gasteiger partial charge in [-0.1, -0.05) is 24.8 Å². The minimum Gasteiger partial charge on any atom is -0.359 e. The molecule has 9 heteroatoms. The lowest BCUT2D eigenvalue weighted by Gasteiger charge is -2.34. The van der Waals surface area contributed by atoms with Crippen molar-refractivity contribution < 1.29 is 18.8 Å². The van der Waals surface area contributed by atoms with Crippen LogP contribution in [0.3, 0.4) is 0 Å². The van der Waals surface area contributed by atoms with Gasteiger partial charge in [0.1, 0.15) is 5.83 Å². The number of rotatable bonds is 8. The first-order valence-corrected chi connectivity index (χ1v) is 15.0. The zero-order valence-corrected chi connectivity index (χ0v) is 25.4. The maximum absolute atomic E-state index is 13.4. The molecule has 8 nitrogen and oxygen atoms in total. The Bertz CT molecular complexity index is 1590. The maximum atomic E-state index is 13.4. The first kappa shape index (κ1) is 30.3. The van der Waals surface area contributed by atoms with Crippen molar-refractivity contribution in [2.75, 3.05) is 17.7 Å². The summed E-state index contributed by atoms with van der Waals surface area (Å²) in [6, 6.07) is 4.99. The van der Waals surface area contributed by atoms with Crippen molar-refractivity contribution in [3.63, 3.8) is 0 Å². The monoisotopic (exact) mass is 585 g/mol. The lowest BCUT2D eigenvalue weighted by atomic mass is 9.64. The normalized spacial score (nSPS) is 24.3. The van der Waals surface area contributed by atoms with Crippen LogP contribution in [0.25, 0.3) is 0 Å². The maximum Gasteiger partial charge on any atom is 0.251 e. The fourth-order valence-electron chi connectivity index (χ4n) is 6.40. The van der Waals surface area contributed by atoms with Gasteiger partial charge in [0.2, 0.25) is 11.8 Å². The van der Waals surface area contributed by atoms with E-state index in [4.69, 9.17) is 0 Å². The van der Waals surface area contributed by atoms with Gasteiger partial charge in [0.15, 0.2) is 5.41 Å². The number of aromatic nitrogens is 1. The molecule has 1 saturated carbocycles. The van der Waals surface area contributed by atoms with Crippen molar-refractivity contribution >= 4 is 29.1 Å². The third-order valence-electron chi connectivity index (χ3n) is 9.21. The van der Waals surface area contributed by atoms with Crippen molar-refractivity contribution in [2.24, 2.45) is 23.5 Å². The molecule has 3 aliphatic carbocycles. The van der Waals surface area contributed by atoms with Crippen LogP contribution in [0.2, 0.25) is 0 Å². The predicted octanol–water partition coefficient (Wildman–Crippen LogP) is 5.12. The van der Waals surface area contributed by atoms with Crippen molar-refractivity contribution in [1.82, 2.24) is 10.3 Å². The van der Waals surface area contributed by atoms with E-state index >= 15 is 0 Å². The van der Waals surface area contributed by atoms with Crippen LogP contribution in [-0.4, -0.2) is 35.8 Å². The highest BCUT2D eigenvalue weighted by Gasteiger charge is 2.56. The van der Waals surface area contributed by atoms with Crippen LogP contribution in [0.4, 0.5) is 15.8 Å². The highest BCUT2D eigenvalue weighted by atomic mass is 19.1. The molecule has 6 N–H and O–H groups in total. The Morgan fingerprint density at radius 1 is 1.21 bits per heavy atom. The smallest absolute Gasteiger partial charge is 0.251 e. The standard InChI is InChI=1S/C33H35FN4O3.CH5N/c1-17(21-5-6-21)15-28(39)38-29-18(2)30(35-20(29)4)25-13-14-33(25)26-16-23(9-12-27(26)37-32(33)41)31(40)36-19(3)22-7-10-24(34)11-8-22;1-2/h7,9-12,16-17,19,21-22,25,35H,5-6,8,15H2,1-4H3,(H,36,40)(H,37,41)(H,38,39);2H2,1H3. The Morgan fingerprint density at radius 3 is 2.58 bits per heavy atom. The van der Waals surface area contributed by atoms with Crippen LogP contribution in [0.1, 0.15) is 78.3 Å². The zero-order chi connectivity index (χ0) is 31.1. The van der Waals surface area contributed by atoms with E-state index in [1.54, 1.807) is 24.3 Å². The fourth-order valence-corrected chi connectivity index (χ4v) is 6.40. The number of fused-ring (bicyclic) bond motifs is 2. The van der Waals surface area contributed by atoms with Crippen molar-refractivity contribution in [3.05, 3.63) is 70.3 Å². The van der Waals surface area contributed by atoms with Gasteiger partial charge in [-0.2, -0.15) is 0 Å². The average molecular weight is 586 g/mol. The van der Waals surface area contributed by atoms with Crippen LogP contribution in [0.15, 0.2) is 42.3 Å². The number of nitrogens with two attached hydrogens (primary N) is 1. The van der Waals surface area contributed by atoms with E-state index in [1.807, 2.05) is 20.8 Å². The van der Waals surface area contributed by atoms with Crippen molar-refractivity contribution in [1.29, 1.82) is 0 Å². The molecule has 226 valence electrons. The summed E-state index contributed by atoms with van der Waals surface area (Å²) >= 11 is 0. The molecule has 4 aliphatic rings. The molecule has 1 fully saturated rings. The van der Waals surface area contributed by atoms with E-state index in [0.717, 1.165) is 22.6 Å². The minimum absolute atomic E-state index is 0.00459. The van der Waals surface area contributed by atoms with Crippen molar-refractivity contribution in [3.8, 4) is 11.8 Å². The summed E-state index contributed by atoms with van der Waals surface area (Å²) < 4.78 is 13.4. The molecule has 1 aliphatic heterocycles. The van der Waals surface area contributed by atoms with E-state index in [1.165, 1.54) is 32.0 Å². The van der Waals surface area contributed by atoms with E-state index in [-0.39, 0.29) is 35.5 Å². The van der Waals surface area contributed by atoms with Gasteiger partial charge in [0.05, 0.1) is 11.6 Å². The average Bonchev–Trinajstić information content (AvgIpc) is 3.73. The van der Waals surface area contributed by atoms with Crippen LogP contribution >= 0.6 is 0 Å². The molecule has 0 bridgehead atoms. The Hall–Kier alpha value is -4.16. The summed E-state index contributed by atoms with van der Waals surface area (Å²) in [6.07, 6.45) is 8.14. The molecule has 2 aromatic rings. The zero-order valence-electron chi connectivity index (χ0n) is 25.4. The molecule has 5 atom stereocenters. The molecule has 2 heterocycles. The van der Waals surface area contributed by atoms with Gasteiger partial charge in [0.25, 0.3) is 5.91 Å². The molecule has 1 aromatic heterocycles. The van der Waals surface area contributed by atoms with Crippen molar-refractivity contribution in [2.45, 2.75) is 70.8 Å². The second kappa shape index (κ2) is 11.8. The Kier molecular flexibility index (Phi) is 8.35. The second-order valence-corrected chi connectivity index (χ2v) is 12.1. The third-order valence-corrected chi connectivity index (χ3v) is 9.21. The molecule has 6 rings (SSSR count). The van der Waals surface area contributed by atoms with Gasteiger partial charge in [-0.3, -0.25) is 14.4 Å². The van der Waals surface area contributed by atoms with Crippen LogP contribution < -0.4 is 21.7 Å². The molecular weight excluding hydrogens is 545 g/mol. The number of hydrogen-bond donors (Lipinski definition) is 5. The van der Waals surface area contributed by atoms with Gasteiger partial charge >= 0.3 is 0 Å². The van der Waals surface area contributed by atoms with Gasteiger partial charge in [-0.05, 0) is 94.8 Å². The number of anilines is 2. The van der Waals surface area contributed by atoms with Gasteiger partial charge in [-0.25, -0.2) is 4.39 Å². The Labute approximate surface area is 252 Å². The number of carbonyl (C=O) groups is 3. The number of aryl methyl sites for hydroxylation is 1. The van der Waals surface area contributed by atoms with E-state index in [9.17, 15) is 18.8 Å². The lowest BCUT2D eigenvalue weighted by Crippen LogP contribution is -2.44. The van der Waals surface area contributed by atoms with E-state index in [0.29, 0.717) is 41.5 Å². The number of aromatic amines is 1. The van der Waals surface area contributed by atoms with E-state index < -0.39 is 11.3 Å². The first-order chi connectivity index (χ1) is 20.6. The van der Waals surface area contributed by atoms with E-state index in [2.05, 4.69) is 45.4 Å². The lowest BCUT2D eigenvalue weighted by molar-refractivity contribution is -0.119. The molecule has 0 radical (unpaired) electrons. The quantitative estimate of drug-likeness (QED) is 0.276. The number of amides is 3. The van der Waals surface area contributed by atoms with Gasteiger partial charge < -0.3 is 26.7 Å². The number of benzene rings is 1. The molecule has 43 heavy (non-hydrogen) atoms. The predicted molar refractivity (Wildman–Crippen MR) is 166 cm³/mol. The highest BCUT2D eigenvalue weighted by Crippen LogP contribution is 2.52. The van der Waals surface area contributed by atoms with Crippen LogP contribution in [0, 0.1) is 43.4 Å². The Balaban J connectivity index is 0.00000180. The summed E-state index contributed by atoms with van der Waals surface area (Å²) in [7, 11) is 1.50. The summed E-state index contributed by atoms with van der Waals surface area (Å²) in [5.41, 5.74) is 8.33. The topological polar surface area (TPSA) is 129 Å². The summed E-state index contributed by atoms with van der Waals surface area (Å²) in [5, 5.41) is 9.07. The summed E-state index contributed by atoms with van der Waals surface area (Å²) in [5.74, 6) is 6.11. The molecular formula is C34H40FN5O3. The van der Waals surface area contributed by atoms with Crippen LogP contribution in [0.5, 0.6) is 0 Å². The number of nitrogens with one attached hydrogen (secondary N) is 4. The molecule has 5 unspecified atom stereocenters. The number of carbonyl (C=O) groups excluding carboxylic acids is 3. The summed E-state index contributed by atoms with van der Waals surface area (Å²) in [6.45, 7) is 7.88. The first-order valence-electron chi connectivity index (χ1n) is 15.0. The van der Waals surface area contributed by atoms with Gasteiger partial charge in [-0.15, -0.1) is 0 Å². The minimum atomic E-state index is -1.13. The SMILES string of the molecule is CN.Cc1[nH]c(C2C#CC23C(=O)Nc2ccc(C(=O)NC(C)C4C=CC(F)=CC4)cc23)c(C)c1NC(=O)CC(C)C1CC1. The number of H-pyrrole nitrogens is 1. The Morgan fingerprint density at radius 2 is 1.95 bits per heavy atom. The largest absolute Gasteiger partial charge is 0.359 e. The molecule has 1 spiro atoms. The van der Waals surface area contributed by atoms with Crippen LogP contribution in [-0.2, 0) is 15.0 Å².